The minimum absolute atomic E-state index is 0.0869. The minimum atomic E-state index is 0.0869. The summed E-state index contributed by atoms with van der Waals surface area (Å²) in [4.78, 5) is 14.9. The number of nitrogens with zero attached hydrogens (tertiary/aromatic N) is 1. The number of carbonyl (C=O) groups excluding carboxylic acids is 1. The van der Waals surface area contributed by atoms with Crippen molar-refractivity contribution in [3.8, 4) is 0 Å². The molecule has 3 heteroatoms. The summed E-state index contributed by atoms with van der Waals surface area (Å²) in [7, 11) is 0. The van der Waals surface area contributed by atoms with Gasteiger partial charge in [0.1, 0.15) is 0 Å². The number of fused-ring (bicyclic) bond motifs is 1. The zero-order valence-electron chi connectivity index (χ0n) is 14.4. The molecule has 1 aromatic carbocycles. The van der Waals surface area contributed by atoms with Crippen LogP contribution in [-0.2, 0) is 12.8 Å². The molecule has 0 aromatic heterocycles. The number of nitrogens with one attached hydrogen (secondary N) is 1. The molecule has 1 heterocycles. The van der Waals surface area contributed by atoms with Crippen LogP contribution in [0.3, 0.4) is 0 Å². The molecule has 0 bridgehead atoms. The molecule has 1 aromatic rings. The first-order chi connectivity index (χ1) is 11.2. The van der Waals surface area contributed by atoms with Gasteiger partial charge in [-0.3, -0.25) is 4.79 Å². The topological polar surface area (TPSA) is 32.3 Å². The summed E-state index contributed by atoms with van der Waals surface area (Å²) in [5.41, 5.74) is 3.65. The van der Waals surface area contributed by atoms with Crippen LogP contribution in [-0.4, -0.2) is 37.0 Å². The number of likely N-dealkylation sites (tertiary alicyclic amines) is 1. The van der Waals surface area contributed by atoms with Crippen molar-refractivity contribution >= 4 is 5.91 Å². The van der Waals surface area contributed by atoms with Crippen LogP contribution < -0.4 is 5.32 Å². The van der Waals surface area contributed by atoms with E-state index < -0.39 is 0 Å². The molecule has 1 unspecified atom stereocenters. The third-order valence-corrected chi connectivity index (χ3v) is 5.24. The predicted molar refractivity (Wildman–Crippen MR) is 94.9 cm³/mol. The highest BCUT2D eigenvalue weighted by Gasteiger charge is 2.16. The Labute approximate surface area is 140 Å². The van der Waals surface area contributed by atoms with Gasteiger partial charge in [-0.2, -0.15) is 0 Å². The maximum absolute atomic E-state index is 12.4. The third kappa shape index (κ3) is 4.57. The normalized spacial score (nSPS) is 19.9. The van der Waals surface area contributed by atoms with Crippen LogP contribution in [0, 0.1) is 5.92 Å². The van der Waals surface area contributed by atoms with Crippen LogP contribution in [0.25, 0.3) is 0 Å². The number of piperidine rings is 1. The fourth-order valence-electron chi connectivity index (χ4n) is 3.89. The molecule has 1 fully saturated rings. The minimum Gasteiger partial charge on any atom is -0.352 e. The lowest BCUT2D eigenvalue weighted by Gasteiger charge is -2.29. The smallest absolute Gasteiger partial charge is 0.251 e. The monoisotopic (exact) mass is 314 g/mol. The number of carbonyl (C=O) groups is 1. The SMILES string of the molecule is CC(CNC(=O)c1ccc2c(c1)CCCC2)CN1CCCCC1. The number of hydrogen-bond acceptors (Lipinski definition) is 2. The van der Waals surface area contributed by atoms with Crippen LogP contribution >= 0.6 is 0 Å². The molecule has 1 aliphatic heterocycles. The van der Waals surface area contributed by atoms with E-state index in [0.29, 0.717) is 5.92 Å². The van der Waals surface area contributed by atoms with E-state index in [4.69, 9.17) is 0 Å². The van der Waals surface area contributed by atoms with Crippen molar-refractivity contribution in [3.05, 3.63) is 34.9 Å². The summed E-state index contributed by atoms with van der Waals surface area (Å²) in [6.45, 7) is 6.56. The van der Waals surface area contributed by atoms with Crippen molar-refractivity contribution < 1.29 is 4.79 Å². The summed E-state index contributed by atoms with van der Waals surface area (Å²) in [6.07, 6.45) is 8.87. The van der Waals surface area contributed by atoms with Crippen LogP contribution in [0.2, 0.25) is 0 Å². The van der Waals surface area contributed by atoms with Gasteiger partial charge in [0, 0.05) is 18.7 Å². The van der Waals surface area contributed by atoms with E-state index in [9.17, 15) is 4.79 Å². The van der Waals surface area contributed by atoms with Gasteiger partial charge in [0.2, 0.25) is 0 Å². The second kappa shape index (κ2) is 7.96. The first-order valence-electron chi connectivity index (χ1n) is 9.35. The van der Waals surface area contributed by atoms with Crippen LogP contribution in [0.1, 0.15) is 60.5 Å². The number of hydrogen-bond donors (Lipinski definition) is 1. The average molecular weight is 314 g/mol. The molecule has 1 saturated heterocycles. The van der Waals surface area contributed by atoms with Crippen LogP contribution in [0.5, 0.6) is 0 Å². The summed E-state index contributed by atoms with van der Waals surface area (Å²) in [5.74, 6) is 0.596. The molecule has 0 spiro atoms. The van der Waals surface area contributed by atoms with Gasteiger partial charge in [-0.05, 0) is 80.8 Å². The van der Waals surface area contributed by atoms with Crippen LogP contribution in [0.4, 0.5) is 0 Å². The maximum Gasteiger partial charge on any atom is 0.251 e. The number of aryl methyl sites for hydroxylation is 2. The Kier molecular flexibility index (Phi) is 5.71. The first-order valence-corrected chi connectivity index (χ1v) is 9.35. The Bertz CT molecular complexity index is 534. The molecular weight excluding hydrogens is 284 g/mol. The van der Waals surface area contributed by atoms with Crippen molar-refractivity contribution in [2.24, 2.45) is 5.92 Å². The lowest BCUT2D eigenvalue weighted by atomic mass is 9.90. The Balaban J connectivity index is 1.48. The second-order valence-corrected chi connectivity index (χ2v) is 7.37. The Morgan fingerprint density at radius 1 is 1.09 bits per heavy atom. The largest absolute Gasteiger partial charge is 0.352 e. The van der Waals surface area contributed by atoms with E-state index in [2.05, 4.69) is 29.3 Å². The molecule has 0 radical (unpaired) electrons. The van der Waals surface area contributed by atoms with Crippen LogP contribution in [0.15, 0.2) is 18.2 Å². The number of rotatable bonds is 5. The molecule has 3 rings (SSSR count). The summed E-state index contributed by atoms with van der Waals surface area (Å²) >= 11 is 0. The van der Waals surface area contributed by atoms with E-state index in [0.717, 1.165) is 25.1 Å². The van der Waals surface area contributed by atoms with E-state index >= 15 is 0 Å². The molecule has 1 aliphatic carbocycles. The zero-order valence-corrected chi connectivity index (χ0v) is 14.4. The maximum atomic E-state index is 12.4. The fourth-order valence-corrected chi connectivity index (χ4v) is 3.89. The molecular formula is C20H30N2O. The second-order valence-electron chi connectivity index (χ2n) is 7.37. The first kappa shape index (κ1) is 16.5. The molecule has 0 saturated carbocycles. The number of benzene rings is 1. The highest BCUT2D eigenvalue weighted by atomic mass is 16.1. The van der Waals surface area contributed by atoms with Gasteiger partial charge in [-0.25, -0.2) is 0 Å². The average Bonchev–Trinajstić information content (AvgIpc) is 2.60. The van der Waals surface area contributed by atoms with Crippen molar-refractivity contribution in [3.63, 3.8) is 0 Å². The van der Waals surface area contributed by atoms with Crippen molar-refractivity contribution in [2.75, 3.05) is 26.2 Å². The molecule has 2 aliphatic rings. The lowest BCUT2D eigenvalue weighted by molar-refractivity contribution is 0.0942. The molecule has 1 atom stereocenters. The van der Waals surface area contributed by atoms with E-state index in [1.807, 2.05) is 6.07 Å². The van der Waals surface area contributed by atoms with Gasteiger partial charge in [-0.1, -0.05) is 19.4 Å². The van der Waals surface area contributed by atoms with Gasteiger partial charge in [-0.15, -0.1) is 0 Å². The summed E-state index contributed by atoms with van der Waals surface area (Å²) in [5, 5.41) is 3.13. The van der Waals surface area contributed by atoms with Gasteiger partial charge in [0.15, 0.2) is 0 Å². The third-order valence-electron chi connectivity index (χ3n) is 5.24. The van der Waals surface area contributed by atoms with E-state index in [-0.39, 0.29) is 5.91 Å². The molecule has 3 nitrogen and oxygen atoms in total. The van der Waals surface area contributed by atoms with Gasteiger partial charge >= 0.3 is 0 Å². The van der Waals surface area contributed by atoms with Gasteiger partial charge in [0.25, 0.3) is 5.91 Å². The van der Waals surface area contributed by atoms with E-state index in [1.165, 1.54) is 62.7 Å². The quantitative estimate of drug-likeness (QED) is 0.903. The van der Waals surface area contributed by atoms with E-state index in [1.54, 1.807) is 0 Å². The Hall–Kier alpha value is -1.35. The molecule has 126 valence electrons. The lowest BCUT2D eigenvalue weighted by Crippen LogP contribution is -2.38. The highest BCUT2D eigenvalue weighted by molar-refractivity contribution is 5.94. The standard InChI is InChI=1S/C20H30N2O/c1-16(15-22-11-5-2-6-12-22)14-21-20(23)19-10-9-17-7-3-4-8-18(17)13-19/h9-10,13,16H,2-8,11-12,14-15H2,1H3,(H,21,23). The zero-order chi connectivity index (χ0) is 16.1. The fraction of sp³-hybridized carbons (Fsp3) is 0.650. The summed E-state index contributed by atoms with van der Waals surface area (Å²) in [6, 6.07) is 6.26. The van der Waals surface area contributed by atoms with Gasteiger partial charge < -0.3 is 10.2 Å². The van der Waals surface area contributed by atoms with Crippen molar-refractivity contribution in [1.29, 1.82) is 0 Å². The predicted octanol–water partition coefficient (Wildman–Crippen LogP) is 3.42. The highest BCUT2D eigenvalue weighted by Crippen LogP contribution is 2.22. The molecule has 23 heavy (non-hydrogen) atoms. The molecule has 1 amide bonds. The molecule has 1 N–H and O–H groups in total. The summed E-state index contributed by atoms with van der Waals surface area (Å²) < 4.78 is 0. The van der Waals surface area contributed by atoms with Gasteiger partial charge in [0.05, 0.1) is 0 Å². The van der Waals surface area contributed by atoms with Crippen molar-refractivity contribution in [2.45, 2.75) is 51.9 Å². The Morgan fingerprint density at radius 2 is 1.83 bits per heavy atom. The number of amides is 1. The van der Waals surface area contributed by atoms with Crippen molar-refractivity contribution in [1.82, 2.24) is 10.2 Å². The Morgan fingerprint density at radius 3 is 2.61 bits per heavy atom.